The summed E-state index contributed by atoms with van der Waals surface area (Å²) in [5.74, 6) is 0.180. The second-order valence-corrected chi connectivity index (χ2v) is 11.1. The number of hydrogen-bond donors (Lipinski definition) is 0. The minimum absolute atomic E-state index is 0.0377. The predicted octanol–water partition coefficient (Wildman–Crippen LogP) is 2.63. The van der Waals surface area contributed by atoms with E-state index in [2.05, 4.69) is 19.6 Å². The van der Waals surface area contributed by atoms with Crippen LogP contribution in [0, 0.1) is 5.92 Å². The van der Waals surface area contributed by atoms with Gasteiger partial charge in [-0.25, -0.2) is 0 Å². The number of ketones is 1. The third-order valence-electron chi connectivity index (χ3n) is 3.37. The standard InChI is InChI=1S/C12H22O3Si/c1-5-15-12(14)10-7-6-9(13)8-11(10)16(2,3)4/h10-11H,5-8H2,1-4H3. The van der Waals surface area contributed by atoms with Crippen LogP contribution >= 0.6 is 0 Å². The second-order valence-electron chi connectivity index (χ2n) is 5.61. The lowest BCUT2D eigenvalue weighted by Crippen LogP contribution is -2.41. The number of rotatable bonds is 3. The van der Waals surface area contributed by atoms with E-state index < -0.39 is 8.07 Å². The van der Waals surface area contributed by atoms with Gasteiger partial charge in [-0.05, 0) is 18.9 Å². The molecule has 0 amide bonds. The van der Waals surface area contributed by atoms with Gasteiger partial charge in [-0.3, -0.25) is 9.59 Å². The fourth-order valence-corrected chi connectivity index (χ4v) is 4.80. The molecule has 0 aromatic rings. The van der Waals surface area contributed by atoms with Gasteiger partial charge in [0.1, 0.15) is 5.78 Å². The Labute approximate surface area is 98.6 Å². The molecule has 4 heteroatoms. The summed E-state index contributed by atoms with van der Waals surface area (Å²) in [6.45, 7) is 8.94. The molecule has 0 heterocycles. The summed E-state index contributed by atoms with van der Waals surface area (Å²) in [5, 5.41) is 0. The first-order chi connectivity index (χ1) is 7.36. The molecule has 0 aromatic heterocycles. The Morgan fingerprint density at radius 1 is 1.44 bits per heavy atom. The molecule has 2 unspecified atom stereocenters. The average Bonchev–Trinajstić information content (AvgIpc) is 2.16. The number of ether oxygens (including phenoxy) is 1. The second kappa shape index (κ2) is 5.12. The summed E-state index contributed by atoms with van der Waals surface area (Å²) >= 11 is 0. The molecule has 0 N–H and O–H groups in total. The Morgan fingerprint density at radius 3 is 2.56 bits per heavy atom. The molecule has 0 aliphatic heterocycles. The van der Waals surface area contributed by atoms with Crippen molar-refractivity contribution in [2.24, 2.45) is 5.92 Å². The van der Waals surface area contributed by atoms with Crippen LogP contribution in [0.2, 0.25) is 25.2 Å². The summed E-state index contributed by atoms with van der Waals surface area (Å²) in [6.07, 6.45) is 1.82. The minimum atomic E-state index is -1.47. The van der Waals surface area contributed by atoms with E-state index in [0.717, 1.165) is 0 Å². The van der Waals surface area contributed by atoms with Crippen LogP contribution in [-0.4, -0.2) is 26.4 Å². The summed E-state index contributed by atoms with van der Waals surface area (Å²) in [7, 11) is -1.47. The van der Waals surface area contributed by atoms with Crippen molar-refractivity contribution < 1.29 is 14.3 Å². The lowest BCUT2D eigenvalue weighted by atomic mass is 9.88. The van der Waals surface area contributed by atoms with Crippen molar-refractivity contribution in [3.8, 4) is 0 Å². The van der Waals surface area contributed by atoms with Gasteiger partial charge in [-0.1, -0.05) is 19.6 Å². The number of hydrogen-bond acceptors (Lipinski definition) is 3. The summed E-state index contributed by atoms with van der Waals surface area (Å²) in [6, 6.07) is 0. The van der Waals surface area contributed by atoms with Crippen LogP contribution in [0.25, 0.3) is 0 Å². The van der Waals surface area contributed by atoms with E-state index >= 15 is 0 Å². The van der Waals surface area contributed by atoms with Crippen molar-refractivity contribution in [1.29, 1.82) is 0 Å². The fraction of sp³-hybridized carbons (Fsp3) is 0.833. The molecule has 1 aliphatic rings. The number of esters is 1. The highest BCUT2D eigenvalue weighted by Gasteiger charge is 2.42. The molecule has 92 valence electrons. The van der Waals surface area contributed by atoms with E-state index in [1.807, 2.05) is 6.92 Å². The predicted molar refractivity (Wildman–Crippen MR) is 66.1 cm³/mol. The van der Waals surface area contributed by atoms with Gasteiger partial charge in [0.15, 0.2) is 0 Å². The van der Waals surface area contributed by atoms with E-state index in [-0.39, 0.29) is 17.4 Å². The molecule has 2 atom stereocenters. The third-order valence-corrected chi connectivity index (χ3v) is 6.20. The molecule has 0 saturated heterocycles. The first-order valence-electron chi connectivity index (χ1n) is 6.04. The maximum absolute atomic E-state index is 11.9. The monoisotopic (exact) mass is 242 g/mol. The molecule has 0 aromatic carbocycles. The largest absolute Gasteiger partial charge is 0.466 e. The van der Waals surface area contributed by atoms with E-state index in [1.54, 1.807) is 0 Å². The lowest BCUT2D eigenvalue weighted by Gasteiger charge is -2.37. The highest BCUT2D eigenvalue weighted by atomic mass is 28.3. The van der Waals surface area contributed by atoms with Crippen LogP contribution in [-0.2, 0) is 14.3 Å². The van der Waals surface area contributed by atoms with Crippen molar-refractivity contribution >= 4 is 19.8 Å². The maximum Gasteiger partial charge on any atom is 0.308 e. The first kappa shape index (κ1) is 13.4. The van der Waals surface area contributed by atoms with Gasteiger partial charge in [0.25, 0.3) is 0 Å². The first-order valence-corrected chi connectivity index (χ1v) is 9.62. The zero-order valence-electron chi connectivity index (χ0n) is 10.7. The Bertz CT molecular complexity index is 280. The molecule has 1 aliphatic carbocycles. The van der Waals surface area contributed by atoms with Crippen molar-refractivity contribution in [3.05, 3.63) is 0 Å². The molecule has 1 fully saturated rings. The topological polar surface area (TPSA) is 43.4 Å². The molecule has 0 radical (unpaired) electrons. The van der Waals surface area contributed by atoms with Crippen LogP contribution < -0.4 is 0 Å². The Hall–Kier alpha value is -0.643. The van der Waals surface area contributed by atoms with Gasteiger partial charge >= 0.3 is 5.97 Å². The van der Waals surface area contributed by atoms with Crippen LogP contribution in [0.4, 0.5) is 0 Å². The zero-order valence-corrected chi connectivity index (χ0v) is 11.7. The molecule has 16 heavy (non-hydrogen) atoms. The van der Waals surface area contributed by atoms with E-state index in [1.165, 1.54) is 0 Å². The van der Waals surface area contributed by atoms with E-state index in [0.29, 0.717) is 31.7 Å². The third kappa shape index (κ3) is 3.17. The molecule has 3 nitrogen and oxygen atoms in total. The quantitative estimate of drug-likeness (QED) is 0.564. The highest BCUT2D eigenvalue weighted by molar-refractivity contribution is 6.78. The minimum Gasteiger partial charge on any atom is -0.466 e. The maximum atomic E-state index is 11.9. The van der Waals surface area contributed by atoms with Crippen LogP contribution in [0.5, 0.6) is 0 Å². The Balaban J connectivity index is 2.80. The molecular formula is C12H22O3Si. The van der Waals surface area contributed by atoms with Gasteiger partial charge in [-0.15, -0.1) is 0 Å². The van der Waals surface area contributed by atoms with Crippen molar-refractivity contribution in [3.63, 3.8) is 0 Å². The fourth-order valence-electron chi connectivity index (χ4n) is 2.45. The van der Waals surface area contributed by atoms with Gasteiger partial charge in [0, 0.05) is 20.9 Å². The lowest BCUT2D eigenvalue weighted by molar-refractivity contribution is -0.149. The van der Waals surface area contributed by atoms with Crippen LogP contribution in [0.15, 0.2) is 0 Å². The van der Waals surface area contributed by atoms with Crippen molar-refractivity contribution in [2.75, 3.05) is 6.61 Å². The van der Waals surface area contributed by atoms with Crippen molar-refractivity contribution in [2.45, 2.75) is 51.4 Å². The summed E-state index contributed by atoms with van der Waals surface area (Å²) in [5.41, 5.74) is 0.257. The molecule has 0 spiro atoms. The molecule has 0 bridgehead atoms. The highest BCUT2D eigenvalue weighted by Crippen LogP contribution is 2.40. The average molecular weight is 242 g/mol. The number of carbonyl (C=O) groups is 2. The van der Waals surface area contributed by atoms with Crippen molar-refractivity contribution in [1.82, 2.24) is 0 Å². The van der Waals surface area contributed by atoms with E-state index in [9.17, 15) is 9.59 Å². The van der Waals surface area contributed by atoms with Gasteiger partial charge in [0.2, 0.25) is 0 Å². The number of carbonyl (C=O) groups excluding carboxylic acids is 2. The summed E-state index contributed by atoms with van der Waals surface area (Å²) in [4.78, 5) is 23.4. The smallest absolute Gasteiger partial charge is 0.308 e. The number of Topliss-reactive ketones (excluding diaryl/α,β-unsaturated/α-hetero) is 1. The van der Waals surface area contributed by atoms with Gasteiger partial charge in [-0.2, -0.15) is 0 Å². The van der Waals surface area contributed by atoms with Crippen LogP contribution in [0.1, 0.15) is 26.2 Å². The van der Waals surface area contributed by atoms with E-state index in [4.69, 9.17) is 4.74 Å². The van der Waals surface area contributed by atoms with Gasteiger partial charge < -0.3 is 4.74 Å². The SMILES string of the molecule is CCOC(=O)C1CCC(=O)CC1[Si](C)(C)C. The normalized spacial score (nSPS) is 26.6. The Morgan fingerprint density at radius 2 is 2.06 bits per heavy atom. The molecule has 1 rings (SSSR count). The summed E-state index contributed by atoms with van der Waals surface area (Å²) < 4.78 is 5.11. The zero-order chi connectivity index (χ0) is 12.3. The molecular weight excluding hydrogens is 220 g/mol. The Kier molecular flexibility index (Phi) is 4.30. The van der Waals surface area contributed by atoms with Crippen LogP contribution in [0.3, 0.4) is 0 Å². The molecule has 1 saturated carbocycles. The van der Waals surface area contributed by atoms with Gasteiger partial charge in [0.05, 0.1) is 12.5 Å².